The van der Waals surface area contributed by atoms with Gasteiger partial charge in [0.1, 0.15) is 5.82 Å². The molecule has 1 N–H and O–H groups in total. The summed E-state index contributed by atoms with van der Waals surface area (Å²) in [4.78, 5) is 21.2. The molecule has 0 radical (unpaired) electrons. The second-order valence-corrected chi connectivity index (χ2v) is 8.90. The number of nitrogens with one attached hydrogen (secondary N) is 1. The second kappa shape index (κ2) is 10.8. The first-order valence-electron chi connectivity index (χ1n) is 12.1. The molecule has 2 saturated heterocycles. The predicted molar refractivity (Wildman–Crippen MR) is 130 cm³/mol. The monoisotopic (exact) mass is 438 g/mol. The van der Waals surface area contributed by atoms with E-state index in [0.29, 0.717) is 18.5 Å². The second-order valence-electron chi connectivity index (χ2n) is 8.90. The molecular formula is C24H38N8. The van der Waals surface area contributed by atoms with E-state index in [1.165, 1.54) is 5.56 Å². The fourth-order valence-corrected chi connectivity index (χ4v) is 4.71. The lowest BCUT2D eigenvalue weighted by Gasteiger charge is -2.39. The third-order valence-electron chi connectivity index (χ3n) is 6.83. The number of piperidine rings is 1. The molecule has 2 fully saturated rings. The first-order valence-corrected chi connectivity index (χ1v) is 12.1. The maximum absolute atomic E-state index is 5.01. The minimum Gasteiger partial charge on any atom is -0.357 e. The Labute approximate surface area is 192 Å². The number of nitrogens with zero attached hydrogens (tertiary/aromatic N) is 7. The van der Waals surface area contributed by atoms with Crippen molar-refractivity contribution in [3.63, 3.8) is 0 Å². The van der Waals surface area contributed by atoms with Crippen LogP contribution in [0.4, 0.5) is 5.82 Å². The van der Waals surface area contributed by atoms with Crippen LogP contribution in [0.3, 0.4) is 0 Å². The van der Waals surface area contributed by atoms with Gasteiger partial charge in [0.05, 0.1) is 18.9 Å². The summed E-state index contributed by atoms with van der Waals surface area (Å²) in [7, 11) is 0. The van der Waals surface area contributed by atoms with Gasteiger partial charge in [-0.2, -0.15) is 0 Å². The summed E-state index contributed by atoms with van der Waals surface area (Å²) in [6.07, 6.45) is 8.96. The van der Waals surface area contributed by atoms with Crippen molar-refractivity contribution in [1.82, 2.24) is 29.7 Å². The van der Waals surface area contributed by atoms with Crippen LogP contribution in [-0.4, -0.2) is 82.7 Å². The van der Waals surface area contributed by atoms with Gasteiger partial charge in [-0.15, -0.1) is 0 Å². The molecule has 2 unspecified atom stereocenters. The average Bonchev–Trinajstić information content (AvgIpc) is 3.37. The molecular weight excluding hydrogens is 400 g/mol. The first-order chi connectivity index (χ1) is 15.7. The summed E-state index contributed by atoms with van der Waals surface area (Å²) in [5.41, 5.74) is 1.21. The summed E-state index contributed by atoms with van der Waals surface area (Å²) in [6.45, 7) is 15.6. The number of likely N-dealkylation sites (tertiary alicyclic amines) is 1. The molecule has 2 aliphatic rings. The van der Waals surface area contributed by atoms with Crippen LogP contribution in [-0.2, 0) is 6.54 Å². The van der Waals surface area contributed by atoms with Crippen LogP contribution < -0.4 is 10.2 Å². The van der Waals surface area contributed by atoms with Crippen LogP contribution in [0.25, 0.3) is 0 Å². The number of pyridine rings is 1. The molecule has 0 bridgehead atoms. The number of hydrogen-bond donors (Lipinski definition) is 1. The van der Waals surface area contributed by atoms with Gasteiger partial charge in [0.2, 0.25) is 0 Å². The fourth-order valence-electron chi connectivity index (χ4n) is 4.71. The Morgan fingerprint density at radius 2 is 2.00 bits per heavy atom. The van der Waals surface area contributed by atoms with E-state index in [2.05, 4.69) is 73.7 Å². The van der Waals surface area contributed by atoms with Gasteiger partial charge in [-0.05, 0) is 43.5 Å². The zero-order valence-electron chi connectivity index (χ0n) is 19.8. The van der Waals surface area contributed by atoms with Crippen molar-refractivity contribution < 1.29 is 0 Å². The molecule has 32 heavy (non-hydrogen) atoms. The van der Waals surface area contributed by atoms with Crippen LogP contribution in [0, 0.1) is 5.92 Å². The molecule has 8 heteroatoms. The van der Waals surface area contributed by atoms with Crippen molar-refractivity contribution in [2.45, 2.75) is 39.8 Å². The molecule has 2 atom stereocenters. The van der Waals surface area contributed by atoms with Gasteiger partial charge in [-0.25, -0.2) is 15.0 Å². The molecule has 0 spiro atoms. The van der Waals surface area contributed by atoms with E-state index in [1.54, 1.807) is 0 Å². The Kier molecular flexibility index (Phi) is 7.63. The van der Waals surface area contributed by atoms with Crippen LogP contribution in [0.1, 0.15) is 38.8 Å². The molecule has 8 nitrogen and oxygen atoms in total. The molecule has 4 heterocycles. The zero-order valence-corrected chi connectivity index (χ0v) is 19.8. The molecule has 2 aromatic rings. The van der Waals surface area contributed by atoms with Gasteiger partial charge in [-0.3, -0.25) is 0 Å². The average molecular weight is 439 g/mol. The molecule has 0 saturated carbocycles. The van der Waals surface area contributed by atoms with E-state index in [1.807, 2.05) is 18.7 Å². The summed E-state index contributed by atoms with van der Waals surface area (Å²) in [5.74, 6) is 2.70. The number of anilines is 1. The molecule has 0 aromatic carbocycles. The smallest absolute Gasteiger partial charge is 0.194 e. The van der Waals surface area contributed by atoms with Crippen LogP contribution in [0.5, 0.6) is 0 Å². The summed E-state index contributed by atoms with van der Waals surface area (Å²) >= 11 is 0. The predicted octanol–water partition coefficient (Wildman–Crippen LogP) is 2.47. The lowest BCUT2D eigenvalue weighted by molar-refractivity contribution is 0.189. The van der Waals surface area contributed by atoms with Crippen molar-refractivity contribution in [2.75, 3.05) is 57.3 Å². The van der Waals surface area contributed by atoms with Crippen LogP contribution >= 0.6 is 0 Å². The maximum Gasteiger partial charge on any atom is 0.194 e. The molecule has 2 aliphatic heterocycles. The van der Waals surface area contributed by atoms with Gasteiger partial charge in [0.15, 0.2) is 5.96 Å². The topological polar surface area (TPSA) is 64.8 Å². The number of hydrogen-bond acceptors (Lipinski definition) is 5. The summed E-state index contributed by atoms with van der Waals surface area (Å²) < 4.78 is 2.24. The van der Waals surface area contributed by atoms with E-state index in [0.717, 1.165) is 70.6 Å². The van der Waals surface area contributed by atoms with Gasteiger partial charge in [0, 0.05) is 64.4 Å². The van der Waals surface area contributed by atoms with Gasteiger partial charge >= 0.3 is 0 Å². The van der Waals surface area contributed by atoms with E-state index in [9.17, 15) is 0 Å². The molecule has 0 amide bonds. The SMILES string of the molecule is CCNC(=NCc1ccnc(N2CCN(CC)CC2)c1)N1CCC(C)C(n2ccnc2)C1. The minimum atomic E-state index is 0.421. The molecule has 174 valence electrons. The highest BCUT2D eigenvalue weighted by atomic mass is 15.3. The molecule has 2 aromatic heterocycles. The third-order valence-corrected chi connectivity index (χ3v) is 6.83. The minimum absolute atomic E-state index is 0.421. The maximum atomic E-state index is 5.01. The quantitative estimate of drug-likeness (QED) is 0.552. The fraction of sp³-hybridized carbons (Fsp3) is 0.625. The van der Waals surface area contributed by atoms with Crippen molar-refractivity contribution >= 4 is 11.8 Å². The first kappa shape index (κ1) is 22.6. The Morgan fingerprint density at radius 1 is 1.16 bits per heavy atom. The standard InChI is InChI=1S/C24H38N8/c1-4-26-24(31-10-7-20(3)22(18-31)32-11-9-25-19-32)28-17-21-6-8-27-23(16-21)30-14-12-29(5-2)13-15-30/h6,8-9,11,16,19-20,22H,4-5,7,10,12-15,17-18H2,1-3H3,(H,26,28). The Balaban J connectivity index is 1.43. The number of rotatable bonds is 6. The highest BCUT2D eigenvalue weighted by molar-refractivity contribution is 5.80. The van der Waals surface area contributed by atoms with Gasteiger partial charge < -0.3 is 24.6 Å². The zero-order chi connectivity index (χ0) is 22.3. The largest absolute Gasteiger partial charge is 0.357 e. The van der Waals surface area contributed by atoms with Crippen LogP contribution in [0.15, 0.2) is 42.0 Å². The van der Waals surface area contributed by atoms with Crippen molar-refractivity contribution in [3.8, 4) is 0 Å². The molecule has 4 rings (SSSR count). The van der Waals surface area contributed by atoms with Crippen molar-refractivity contribution in [2.24, 2.45) is 10.9 Å². The van der Waals surface area contributed by atoms with E-state index < -0.39 is 0 Å². The lowest BCUT2D eigenvalue weighted by atomic mass is 9.93. The summed E-state index contributed by atoms with van der Waals surface area (Å²) in [5, 5.41) is 3.51. The van der Waals surface area contributed by atoms with Gasteiger partial charge in [0.25, 0.3) is 0 Å². The van der Waals surface area contributed by atoms with Gasteiger partial charge in [-0.1, -0.05) is 13.8 Å². The number of imidazole rings is 1. The lowest BCUT2D eigenvalue weighted by Crippen LogP contribution is -2.49. The number of guanidine groups is 1. The normalized spacial score (nSPS) is 22.9. The van der Waals surface area contributed by atoms with E-state index in [4.69, 9.17) is 4.99 Å². The highest BCUT2D eigenvalue weighted by Crippen LogP contribution is 2.27. The van der Waals surface area contributed by atoms with E-state index in [-0.39, 0.29) is 0 Å². The van der Waals surface area contributed by atoms with E-state index >= 15 is 0 Å². The Hall–Kier alpha value is -2.61. The third kappa shape index (κ3) is 5.41. The summed E-state index contributed by atoms with van der Waals surface area (Å²) in [6, 6.07) is 4.72. The van der Waals surface area contributed by atoms with Crippen molar-refractivity contribution in [3.05, 3.63) is 42.6 Å². The number of likely N-dealkylation sites (N-methyl/N-ethyl adjacent to an activating group) is 1. The highest BCUT2D eigenvalue weighted by Gasteiger charge is 2.29. The number of piperazine rings is 1. The number of aliphatic imine (C=N–C) groups is 1. The number of aromatic nitrogens is 3. The van der Waals surface area contributed by atoms with Crippen LogP contribution in [0.2, 0.25) is 0 Å². The van der Waals surface area contributed by atoms with Crippen molar-refractivity contribution in [1.29, 1.82) is 0 Å². The Bertz CT molecular complexity index is 857. The molecule has 0 aliphatic carbocycles. The Morgan fingerprint density at radius 3 is 2.72 bits per heavy atom.